The highest BCUT2D eigenvalue weighted by molar-refractivity contribution is 7.99. The third-order valence-electron chi connectivity index (χ3n) is 3.66. The van der Waals surface area contributed by atoms with Crippen LogP contribution >= 0.6 is 11.8 Å². The fourth-order valence-corrected chi connectivity index (χ4v) is 3.94. The molecule has 1 aliphatic rings. The van der Waals surface area contributed by atoms with Crippen LogP contribution in [0.4, 0.5) is 0 Å². The van der Waals surface area contributed by atoms with Gasteiger partial charge in [0, 0.05) is 6.04 Å². The highest BCUT2D eigenvalue weighted by Crippen LogP contribution is 2.35. The summed E-state index contributed by atoms with van der Waals surface area (Å²) in [4.78, 5) is 0. The van der Waals surface area contributed by atoms with E-state index < -0.39 is 0 Å². The zero-order valence-electron chi connectivity index (χ0n) is 9.80. The highest BCUT2D eigenvalue weighted by atomic mass is 32.2. The summed E-state index contributed by atoms with van der Waals surface area (Å²) in [6.07, 6.45) is 1.26. The van der Waals surface area contributed by atoms with Gasteiger partial charge in [0.1, 0.15) is 0 Å². The van der Waals surface area contributed by atoms with Crippen molar-refractivity contribution in [3.8, 4) is 0 Å². The Morgan fingerprint density at radius 2 is 1.94 bits per heavy atom. The van der Waals surface area contributed by atoms with Crippen molar-refractivity contribution in [2.24, 2.45) is 11.7 Å². The summed E-state index contributed by atoms with van der Waals surface area (Å²) >= 11 is 2.03. The van der Waals surface area contributed by atoms with Crippen molar-refractivity contribution in [2.45, 2.75) is 12.5 Å². The van der Waals surface area contributed by atoms with E-state index >= 15 is 0 Å². The summed E-state index contributed by atoms with van der Waals surface area (Å²) in [6.45, 7) is 0. The molecule has 1 heterocycles. The van der Waals surface area contributed by atoms with Crippen LogP contribution in [-0.2, 0) is 0 Å². The summed E-state index contributed by atoms with van der Waals surface area (Å²) in [5, 5.41) is 2.62. The van der Waals surface area contributed by atoms with Gasteiger partial charge in [-0.3, -0.25) is 0 Å². The molecule has 0 saturated carbocycles. The Labute approximate surface area is 106 Å². The normalized spacial score (nSPS) is 21.8. The molecule has 88 valence electrons. The lowest BCUT2D eigenvalue weighted by atomic mass is 9.90. The van der Waals surface area contributed by atoms with Crippen LogP contribution in [0.25, 0.3) is 10.8 Å². The SMILES string of the molecule is NC(c1cccc2ccccc12)C1CCSC1. The number of fused-ring (bicyclic) bond motifs is 1. The Bertz CT molecular complexity index is 512. The fourth-order valence-electron chi connectivity index (χ4n) is 2.63. The van der Waals surface area contributed by atoms with Crippen molar-refractivity contribution >= 4 is 22.5 Å². The first-order valence-corrected chi connectivity index (χ1v) is 7.33. The van der Waals surface area contributed by atoms with Gasteiger partial charge in [0.15, 0.2) is 0 Å². The van der Waals surface area contributed by atoms with Crippen molar-refractivity contribution in [2.75, 3.05) is 11.5 Å². The smallest absolute Gasteiger partial charge is 0.0337 e. The van der Waals surface area contributed by atoms with Crippen molar-refractivity contribution in [1.29, 1.82) is 0 Å². The molecule has 0 aromatic heterocycles. The van der Waals surface area contributed by atoms with E-state index in [0.29, 0.717) is 5.92 Å². The minimum atomic E-state index is 0.191. The number of hydrogen-bond acceptors (Lipinski definition) is 2. The Hall–Kier alpha value is -0.990. The minimum absolute atomic E-state index is 0.191. The second-order valence-corrected chi connectivity index (χ2v) is 5.87. The molecule has 2 atom stereocenters. The standard InChI is InChI=1S/C15H17NS/c16-15(12-8-9-17-10-12)14-7-3-5-11-4-1-2-6-13(11)14/h1-7,12,15H,8-10,16H2. The van der Waals surface area contributed by atoms with E-state index in [4.69, 9.17) is 5.73 Å². The lowest BCUT2D eigenvalue weighted by Gasteiger charge is -2.20. The van der Waals surface area contributed by atoms with Crippen LogP contribution in [0, 0.1) is 5.92 Å². The molecule has 1 saturated heterocycles. The monoisotopic (exact) mass is 243 g/mol. The molecule has 0 radical (unpaired) electrons. The van der Waals surface area contributed by atoms with Gasteiger partial charge in [0.25, 0.3) is 0 Å². The van der Waals surface area contributed by atoms with Crippen LogP contribution in [0.1, 0.15) is 18.0 Å². The Balaban J connectivity index is 2.04. The van der Waals surface area contributed by atoms with Gasteiger partial charge in [-0.2, -0.15) is 11.8 Å². The predicted molar refractivity (Wildman–Crippen MR) is 76.3 cm³/mol. The minimum Gasteiger partial charge on any atom is -0.324 e. The van der Waals surface area contributed by atoms with Crippen molar-refractivity contribution in [1.82, 2.24) is 0 Å². The van der Waals surface area contributed by atoms with Crippen LogP contribution in [0.2, 0.25) is 0 Å². The van der Waals surface area contributed by atoms with Crippen LogP contribution in [-0.4, -0.2) is 11.5 Å². The molecule has 0 amide bonds. The number of nitrogens with two attached hydrogens (primary N) is 1. The van der Waals surface area contributed by atoms with Crippen molar-refractivity contribution in [3.63, 3.8) is 0 Å². The maximum atomic E-state index is 6.45. The Kier molecular flexibility index (Phi) is 3.08. The maximum absolute atomic E-state index is 6.45. The fraction of sp³-hybridized carbons (Fsp3) is 0.333. The van der Waals surface area contributed by atoms with Crippen LogP contribution < -0.4 is 5.73 Å². The van der Waals surface area contributed by atoms with E-state index in [1.54, 1.807) is 0 Å². The quantitative estimate of drug-likeness (QED) is 0.872. The zero-order chi connectivity index (χ0) is 11.7. The Morgan fingerprint density at radius 1 is 1.12 bits per heavy atom. The highest BCUT2D eigenvalue weighted by Gasteiger charge is 2.24. The molecule has 2 unspecified atom stereocenters. The van der Waals surface area contributed by atoms with E-state index in [-0.39, 0.29) is 6.04 Å². The van der Waals surface area contributed by atoms with Gasteiger partial charge in [0.05, 0.1) is 0 Å². The molecule has 1 fully saturated rings. The number of benzene rings is 2. The number of hydrogen-bond donors (Lipinski definition) is 1. The first-order valence-electron chi connectivity index (χ1n) is 6.17. The maximum Gasteiger partial charge on any atom is 0.0337 e. The molecule has 17 heavy (non-hydrogen) atoms. The molecule has 1 nitrogen and oxygen atoms in total. The molecule has 0 aliphatic carbocycles. The van der Waals surface area contributed by atoms with E-state index in [1.807, 2.05) is 11.8 Å². The summed E-state index contributed by atoms with van der Waals surface area (Å²) < 4.78 is 0. The van der Waals surface area contributed by atoms with Crippen LogP contribution in [0.3, 0.4) is 0 Å². The van der Waals surface area contributed by atoms with E-state index in [1.165, 1.54) is 34.3 Å². The number of thioether (sulfide) groups is 1. The largest absolute Gasteiger partial charge is 0.324 e. The summed E-state index contributed by atoms with van der Waals surface area (Å²) in [7, 11) is 0. The van der Waals surface area contributed by atoms with Gasteiger partial charge >= 0.3 is 0 Å². The first-order chi connectivity index (χ1) is 8.36. The molecule has 2 heteroatoms. The number of rotatable bonds is 2. The average molecular weight is 243 g/mol. The molecular weight excluding hydrogens is 226 g/mol. The van der Waals surface area contributed by atoms with Gasteiger partial charge in [0.2, 0.25) is 0 Å². The lowest BCUT2D eigenvalue weighted by Crippen LogP contribution is -2.21. The molecule has 1 aliphatic heterocycles. The molecule has 3 rings (SSSR count). The summed E-state index contributed by atoms with van der Waals surface area (Å²) in [5.74, 6) is 3.12. The zero-order valence-corrected chi connectivity index (χ0v) is 10.6. The van der Waals surface area contributed by atoms with E-state index in [2.05, 4.69) is 42.5 Å². The van der Waals surface area contributed by atoms with Gasteiger partial charge in [-0.05, 0) is 40.2 Å². The molecule has 0 spiro atoms. The van der Waals surface area contributed by atoms with E-state index in [0.717, 1.165) is 0 Å². The third kappa shape index (κ3) is 2.07. The van der Waals surface area contributed by atoms with Crippen LogP contribution in [0.15, 0.2) is 42.5 Å². The second-order valence-electron chi connectivity index (χ2n) is 4.72. The van der Waals surface area contributed by atoms with Gasteiger partial charge in [-0.1, -0.05) is 42.5 Å². The molecular formula is C15H17NS. The molecule has 0 bridgehead atoms. The topological polar surface area (TPSA) is 26.0 Å². The molecule has 2 aromatic carbocycles. The lowest BCUT2D eigenvalue weighted by molar-refractivity contribution is 0.484. The molecule has 2 N–H and O–H groups in total. The summed E-state index contributed by atoms with van der Waals surface area (Å²) in [5.41, 5.74) is 7.77. The predicted octanol–water partition coefficient (Wildman–Crippen LogP) is 3.59. The summed E-state index contributed by atoms with van der Waals surface area (Å²) in [6, 6.07) is 15.2. The van der Waals surface area contributed by atoms with E-state index in [9.17, 15) is 0 Å². The van der Waals surface area contributed by atoms with Crippen molar-refractivity contribution in [3.05, 3.63) is 48.0 Å². The average Bonchev–Trinajstić information content (AvgIpc) is 2.91. The van der Waals surface area contributed by atoms with Crippen molar-refractivity contribution < 1.29 is 0 Å². The Morgan fingerprint density at radius 3 is 2.76 bits per heavy atom. The van der Waals surface area contributed by atoms with Gasteiger partial charge < -0.3 is 5.73 Å². The third-order valence-corrected chi connectivity index (χ3v) is 4.84. The van der Waals surface area contributed by atoms with Gasteiger partial charge in [-0.25, -0.2) is 0 Å². The molecule has 2 aromatic rings. The van der Waals surface area contributed by atoms with Crippen LogP contribution in [0.5, 0.6) is 0 Å². The van der Waals surface area contributed by atoms with Gasteiger partial charge in [-0.15, -0.1) is 0 Å². The second kappa shape index (κ2) is 4.71. The first kappa shape index (κ1) is 11.1.